The quantitative estimate of drug-likeness (QED) is 0.889. The van der Waals surface area contributed by atoms with E-state index in [2.05, 4.69) is 15.4 Å². The average molecular weight is 297 g/mol. The second kappa shape index (κ2) is 6.45. The van der Waals surface area contributed by atoms with Gasteiger partial charge in [0, 0.05) is 28.2 Å². The van der Waals surface area contributed by atoms with Crippen molar-refractivity contribution in [3.63, 3.8) is 0 Å². The first kappa shape index (κ1) is 13.7. The van der Waals surface area contributed by atoms with Crippen LogP contribution in [0.1, 0.15) is 4.88 Å². The fourth-order valence-corrected chi connectivity index (χ4v) is 2.52. The van der Waals surface area contributed by atoms with Crippen LogP contribution < -0.4 is 10.6 Å². The first-order chi connectivity index (χ1) is 9.17. The van der Waals surface area contributed by atoms with E-state index in [1.165, 1.54) is 7.11 Å². The van der Waals surface area contributed by atoms with Gasteiger partial charge in [-0.3, -0.25) is 5.32 Å². The Bertz CT molecular complexity index is 571. The topological polar surface area (TPSA) is 50.4 Å². The van der Waals surface area contributed by atoms with Crippen LogP contribution in [0, 0.1) is 0 Å². The Morgan fingerprint density at radius 2 is 2.16 bits per heavy atom. The number of hydrogen-bond donors (Lipinski definition) is 2. The van der Waals surface area contributed by atoms with Gasteiger partial charge in [0.05, 0.1) is 12.1 Å². The number of thiophene rings is 1. The van der Waals surface area contributed by atoms with E-state index in [-0.39, 0.29) is 0 Å². The van der Waals surface area contributed by atoms with Crippen LogP contribution >= 0.6 is 22.9 Å². The van der Waals surface area contributed by atoms with Crippen molar-refractivity contribution >= 4 is 40.4 Å². The molecular weight excluding hydrogens is 284 g/mol. The van der Waals surface area contributed by atoms with Crippen LogP contribution in [0.25, 0.3) is 0 Å². The average Bonchev–Trinajstić information content (AvgIpc) is 2.82. The molecule has 0 bridgehead atoms. The van der Waals surface area contributed by atoms with Crippen molar-refractivity contribution in [1.82, 2.24) is 0 Å². The maximum atomic E-state index is 11.1. The van der Waals surface area contributed by atoms with E-state index in [1.54, 1.807) is 17.4 Å². The highest BCUT2D eigenvalue weighted by atomic mass is 35.5. The molecule has 0 saturated carbocycles. The van der Waals surface area contributed by atoms with Gasteiger partial charge in [-0.2, -0.15) is 0 Å². The number of carbonyl (C=O) groups is 1. The summed E-state index contributed by atoms with van der Waals surface area (Å²) in [6.45, 7) is 0.694. The highest BCUT2D eigenvalue weighted by Gasteiger charge is 2.02. The largest absolute Gasteiger partial charge is 0.453 e. The van der Waals surface area contributed by atoms with Crippen LogP contribution in [0.4, 0.5) is 16.2 Å². The Morgan fingerprint density at radius 3 is 2.84 bits per heavy atom. The molecule has 0 atom stereocenters. The van der Waals surface area contributed by atoms with E-state index in [0.717, 1.165) is 15.6 Å². The summed E-state index contributed by atoms with van der Waals surface area (Å²) in [6, 6.07) is 9.35. The second-order valence-corrected chi connectivity index (χ2v) is 5.21. The molecule has 0 aliphatic heterocycles. The number of anilines is 2. The molecule has 1 aromatic carbocycles. The van der Waals surface area contributed by atoms with Gasteiger partial charge in [-0.05, 0) is 24.3 Å². The van der Waals surface area contributed by atoms with E-state index in [0.29, 0.717) is 12.2 Å². The van der Waals surface area contributed by atoms with Crippen molar-refractivity contribution < 1.29 is 9.53 Å². The minimum absolute atomic E-state index is 0.484. The minimum Gasteiger partial charge on any atom is -0.453 e. The number of halogens is 1. The molecule has 1 amide bonds. The molecule has 19 heavy (non-hydrogen) atoms. The number of methoxy groups -OCH3 is 1. The van der Waals surface area contributed by atoms with Crippen molar-refractivity contribution in [3.8, 4) is 0 Å². The third kappa shape index (κ3) is 4.15. The van der Waals surface area contributed by atoms with Gasteiger partial charge < -0.3 is 10.1 Å². The van der Waals surface area contributed by atoms with Gasteiger partial charge >= 0.3 is 6.09 Å². The molecule has 0 saturated heterocycles. The van der Waals surface area contributed by atoms with Gasteiger partial charge in [0.1, 0.15) is 0 Å². The molecule has 0 aliphatic rings. The maximum Gasteiger partial charge on any atom is 0.411 e. The first-order valence-electron chi connectivity index (χ1n) is 5.59. The summed E-state index contributed by atoms with van der Waals surface area (Å²) in [7, 11) is 1.33. The zero-order valence-electron chi connectivity index (χ0n) is 10.3. The summed E-state index contributed by atoms with van der Waals surface area (Å²) in [5, 5.41) is 8.53. The van der Waals surface area contributed by atoms with E-state index in [9.17, 15) is 4.79 Å². The smallest absolute Gasteiger partial charge is 0.411 e. The standard InChI is InChI=1S/C13H13ClN2O2S/c1-18-13(17)16-11-4-2-3-10(6-11)15-7-12-5-9(14)8-19-12/h2-6,8,15H,7H2,1H3,(H,16,17). The van der Waals surface area contributed by atoms with Crippen molar-refractivity contribution in [3.05, 3.63) is 45.6 Å². The van der Waals surface area contributed by atoms with E-state index >= 15 is 0 Å². The predicted molar refractivity (Wildman–Crippen MR) is 79.1 cm³/mol. The molecule has 0 unspecified atom stereocenters. The van der Waals surface area contributed by atoms with Crippen LogP contribution in [0.15, 0.2) is 35.7 Å². The first-order valence-corrected chi connectivity index (χ1v) is 6.85. The van der Waals surface area contributed by atoms with Crippen molar-refractivity contribution in [2.45, 2.75) is 6.54 Å². The summed E-state index contributed by atoms with van der Waals surface area (Å²) in [5.41, 5.74) is 1.60. The number of rotatable bonds is 4. The number of carbonyl (C=O) groups excluding carboxylic acids is 1. The number of amides is 1. The van der Waals surface area contributed by atoms with Gasteiger partial charge in [-0.25, -0.2) is 4.79 Å². The normalized spacial score (nSPS) is 10.0. The Kier molecular flexibility index (Phi) is 4.65. The highest BCUT2D eigenvalue weighted by Crippen LogP contribution is 2.21. The Morgan fingerprint density at radius 1 is 1.37 bits per heavy atom. The number of hydrogen-bond acceptors (Lipinski definition) is 4. The van der Waals surface area contributed by atoms with Gasteiger partial charge in [0.2, 0.25) is 0 Å². The van der Waals surface area contributed by atoms with Crippen molar-refractivity contribution in [1.29, 1.82) is 0 Å². The predicted octanol–water partition coefficient (Wildman–Crippen LogP) is 4.19. The lowest BCUT2D eigenvalue weighted by Crippen LogP contribution is -2.11. The third-order valence-corrected chi connectivity index (χ3v) is 3.67. The summed E-state index contributed by atoms with van der Waals surface area (Å²) in [6.07, 6.45) is -0.484. The van der Waals surface area contributed by atoms with Crippen LogP contribution in [0.3, 0.4) is 0 Å². The minimum atomic E-state index is -0.484. The lowest BCUT2D eigenvalue weighted by atomic mass is 10.2. The molecule has 0 radical (unpaired) electrons. The molecule has 4 nitrogen and oxygen atoms in total. The summed E-state index contributed by atoms with van der Waals surface area (Å²) in [4.78, 5) is 12.3. The summed E-state index contributed by atoms with van der Waals surface area (Å²) >= 11 is 7.46. The fraction of sp³-hybridized carbons (Fsp3) is 0.154. The van der Waals surface area contributed by atoms with E-state index < -0.39 is 6.09 Å². The van der Waals surface area contributed by atoms with Gasteiger partial charge in [-0.15, -0.1) is 11.3 Å². The molecular formula is C13H13ClN2O2S. The maximum absolute atomic E-state index is 11.1. The van der Waals surface area contributed by atoms with Gasteiger partial charge in [-0.1, -0.05) is 17.7 Å². The number of nitrogens with one attached hydrogen (secondary N) is 2. The molecule has 2 rings (SSSR count). The van der Waals surface area contributed by atoms with Gasteiger partial charge in [0.25, 0.3) is 0 Å². The van der Waals surface area contributed by atoms with Gasteiger partial charge in [0.15, 0.2) is 0 Å². The molecule has 100 valence electrons. The zero-order valence-corrected chi connectivity index (χ0v) is 11.8. The van der Waals surface area contributed by atoms with Crippen LogP contribution in [-0.2, 0) is 11.3 Å². The zero-order chi connectivity index (χ0) is 13.7. The molecule has 6 heteroatoms. The number of ether oxygens (including phenoxy) is 1. The second-order valence-electron chi connectivity index (χ2n) is 3.78. The Hall–Kier alpha value is -1.72. The van der Waals surface area contributed by atoms with Crippen molar-refractivity contribution in [2.75, 3.05) is 17.7 Å². The van der Waals surface area contributed by atoms with Crippen molar-refractivity contribution in [2.24, 2.45) is 0 Å². The monoisotopic (exact) mass is 296 g/mol. The molecule has 0 fully saturated rings. The molecule has 2 aromatic rings. The molecule has 0 aliphatic carbocycles. The Balaban J connectivity index is 1.97. The fourth-order valence-electron chi connectivity index (χ4n) is 1.51. The lowest BCUT2D eigenvalue weighted by molar-refractivity contribution is 0.187. The van der Waals surface area contributed by atoms with E-state index in [4.69, 9.17) is 11.6 Å². The van der Waals surface area contributed by atoms with Crippen LogP contribution in [0.5, 0.6) is 0 Å². The molecule has 0 spiro atoms. The Labute approximate surface area is 120 Å². The molecule has 1 aromatic heterocycles. The highest BCUT2D eigenvalue weighted by molar-refractivity contribution is 7.10. The van der Waals surface area contributed by atoms with E-state index in [1.807, 2.05) is 29.6 Å². The number of benzene rings is 1. The van der Waals surface area contributed by atoms with Crippen LogP contribution in [0.2, 0.25) is 5.02 Å². The third-order valence-electron chi connectivity index (χ3n) is 2.38. The molecule has 1 heterocycles. The SMILES string of the molecule is COC(=O)Nc1cccc(NCc2cc(Cl)cs2)c1. The lowest BCUT2D eigenvalue weighted by Gasteiger charge is -2.08. The summed E-state index contributed by atoms with van der Waals surface area (Å²) < 4.78 is 4.54. The summed E-state index contributed by atoms with van der Waals surface area (Å²) in [5.74, 6) is 0. The molecule has 2 N–H and O–H groups in total. The van der Waals surface area contributed by atoms with Crippen LogP contribution in [-0.4, -0.2) is 13.2 Å².